The highest BCUT2D eigenvalue weighted by atomic mass is 19.4. The van der Waals surface area contributed by atoms with Gasteiger partial charge in [0.2, 0.25) is 0 Å². The molecule has 6 nitrogen and oxygen atoms in total. The lowest BCUT2D eigenvalue weighted by Gasteiger charge is -2.34. The lowest BCUT2D eigenvalue weighted by Crippen LogP contribution is -2.44. The number of nitrogens with one attached hydrogen (secondary N) is 1. The largest absolute Gasteiger partial charge is 0.416 e. The number of Topliss-reactive ketones (excluding diaryl/α,β-unsaturated/α-hetero) is 1. The van der Waals surface area contributed by atoms with Crippen molar-refractivity contribution in [3.63, 3.8) is 0 Å². The van der Waals surface area contributed by atoms with Gasteiger partial charge in [-0.1, -0.05) is 12.1 Å². The zero-order valence-electron chi connectivity index (χ0n) is 15.8. The van der Waals surface area contributed by atoms with Crippen LogP contribution in [-0.4, -0.2) is 14.9 Å². The maximum absolute atomic E-state index is 13.0. The van der Waals surface area contributed by atoms with Crippen molar-refractivity contribution >= 4 is 11.6 Å². The zero-order chi connectivity index (χ0) is 21.1. The molecule has 2 aromatic rings. The number of ketones is 1. The standard InChI is InChI=1S/C20H18F3N3O3/c1-25-17-16(18(28)26(2)19(25)29)14(15-12(24-17)4-3-5-13(15)27)10-6-8-11(9-7-10)20(21,22)23/h6-9,14,24H,3-5H2,1-2H3/t14-/m0/s1. The first-order valence-corrected chi connectivity index (χ1v) is 9.11. The molecular formula is C20H18F3N3O3. The summed E-state index contributed by atoms with van der Waals surface area (Å²) in [7, 11) is 2.84. The van der Waals surface area contributed by atoms with Crippen molar-refractivity contribution in [2.24, 2.45) is 14.1 Å². The van der Waals surface area contributed by atoms with Crippen molar-refractivity contribution in [1.29, 1.82) is 0 Å². The van der Waals surface area contributed by atoms with Gasteiger partial charge in [-0.05, 0) is 30.5 Å². The van der Waals surface area contributed by atoms with Crippen LogP contribution in [0.3, 0.4) is 0 Å². The summed E-state index contributed by atoms with van der Waals surface area (Å²) in [5.41, 5.74) is -0.333. The second-order valence-electron chi connectivity index (χ2n) is 7.31. The van der Waals surface area contributed by atoms with Crippen molar-refractivity contribution in [2.75, 3.05) is 5.32 Å². The third-order valence-corrected chi connectivity index (χ3v) is 5.57. The number of hydrogen-bond donors (Lipinski definition) is 1. The minimum absolute atomic E-state index is 0.148. The van der Waals surface area contributed by atoms with Gasteiger partial charge in [0.05, 0.1) is 11.1 Å². The van der Waals surface area contributed by atoms with E-state index >= 15 is 0 Å². The topological polar surface area (TPSA) is 73.1 Å². The number of benzene rings is 1. The summed E-state index contributed by atoms with van der Waals surface area (Å²) in [5.74, 6) is -0.705. The molecule has 0 unspecified atom stereocenters. The van der Waals surface area contributed by atoms with Crippen molar-refractivity contribution in [3.05, 3.63) is 73.1 Å². The number of carbonyl (C=O) groups is 1. The average molecular weight is 405 g/mol. The van der Waals surface area contributed by atoms with E-state index in [0.717, 1.165) is 16.7 Å². The summed E-state index contributed by atoms with van der Waals surface area (Å²) in [5, 5.41) is 3.07. The van der Waals surface area contributed by atoms with Gasteiger partial charge < -0.3 is 5.32 Å². The van der Waals surface area contributed by atoms with E-state index in [1.165, 1.54) is 30.8 Å². The van der Waals surface area contributed by atoms with Crippen LogP contribution in [0.2, 0.25) is 0 Å². The molecule has 0 radical (unpaired) electrons. The predicted octanol–water partition coefficient (Wildman–Crippen LogP) is 2.67. The van der Waals surface area contributed by atoms with E-state index in [9.17, 15) is 27.6 Å². The maximum Gasteiger partial charge on any atom is 0.416 e. The molecule has 9 heteroatoms. The van der Waals surface area contributed by atoms with Crippen LogP contribution in [0.5, 0.6) is 0 Å². The average Bonchev–Trinajstić information content (AvgIpc) is 2.69. The number of nitrogens with zero attached hydrogens (tertiary/aromatic N) is 2. The fourth-order valence-corrected chi connectivity index (χ4v) is 4.10. The Bertz CT molecular complexity index is 1170. The fraction of sp³-hybridized carbons (Fsp3) is 0.350. The first kappa shape index (κ1) is 19.2. The summed E-state index contributed by atoms with van der Waals surface area (Å²) in [4.78, 5) is 38.1. The molecule has 4 rings (SSSR count). The first-order chi connectivity index (χ1) is 13.6. The molecule has 0 bridgehead atoms. The molecule has 1 aromatic carbocycles. The molecule has 0 saturated heterocycles. The smallest absolute Gasteiger partial charge is 0.344 e. The molecule has 152 valence electrons. The first-order valence-electron chi connectivity index (χ1n) is 9.11. The number of alkyl halides is 3. The highest BCUT2D eigenvalue weighted by Gasteiger charge is 2.39. The van der Waals surface area contributed by atoms with E-state index < -0.39 is 28.9 Å². The van der Waals surface area contributed by atoms with Crippen LogP contribution in [0.25, 0.3) is 0 Å². The third kappa shape index (κ3) is 2.92. The Morgan fingerprint density at radius 3 is 2.28 bits per heavy atom. The number of halogens is 3. The molecule has 0 fully saturated rings. The maximum atomic E-state index is 13.0. The summed E-state index contributed by atoms with van der Waals surface area (Å²) in [6.45, 7) is 0. The molecule has 1 N–H and O–H groups in total. The number of fused-ring (bicyclic) bond motifs is 1. The molecule has 29 heavy (non-hydrogen) atoms. The summed E-state index contributed by atoms with van der Waals surface area (Å²) < 4.78 is 41.2. The normalized spacial score (nSPS) is 18.9. The molecule has 1 atom stereocenters. The van der Waals surface area contributed by atoms with Gasteiger partial charge in [-0.2, -0.15) is 13.2 Å². The van der Waals surface area contributed by atoms with Crippen LogP contribution in [0.15, 0.2) is 45.1 Å². The van der Waals surface area contributed by atoms with Gasteiger partial charge >= 0.3 is 11.9 Å². The van der Waals surface area contributed by atoms with Gasteiger partial charge in [-0.25, -0.2) is 4.79 Å². The van der Waals surface area contributed by atoms with Gasteiger partial charge in [0.25, 0.3) is 5.56 Å². The second kappa shape index (κ2) is 6.47. The number of hydrogen-bond acceptors (Lipinski definition) is 4. The van der Waals surface area contributed by atoms with Crippen LogP contribution in [0.1, 0.15) is 41.9 Å². The van der Waals surface area contributed by atoms with E-state index in [4.69, 9.17) is 0 Å². The molecule has 2 heterocycles. The number of allylic oxidation sites excluding steroid dienone is 2. The van der Waals surface area contributed by atoms with Crippen LogP contribution in [-0.2, 0) is 25.1 Å². The quantitative estimate of drug-likeness (QED) is 0.792. The number of carbonyl (C=O) groups excluding carboxylic acids is 1. The second-order valence-corrected chi connectivity index (χ2v) is 7.31. The van der Waals surface area contributed by atoms with Crippen LogP contribution < -0.4 is 16.6 Å². The minimum Gasteiger partial charge on any atom is -0.344 e. The molecular weight excluding hydrogens is 387 g/mol. The van der Waals surface area contributed by atoms with E-state index in [2.05, 4.69) is 5.32 Å². The third-order valence-electron chi connectivity index (χ3n) is 5.57. The lowest BCUT2D eigenvalue weighted by atomic mass is 9.76. The van der Waals surface area contributed by atoms with E-state index in [-0.39, 0.29) is 17.2 Å². The fourth-order valence-electron chi connectivity index (χ4n) is 4.10. The monoisotopic (exact) mass is 405 g/mol. The number of rotatable bonds is 1. The van der Waals surface area contributed by atoms with Crippen molar-refractivity contribution in [1.82, 2.24) is 9.13 Å². The predicted molar refractivity (Wildman–Crippen MR) is 99.7 cm³/mol. The Labute approximate surface area is 163 Å². The summed E-state index contributed by atoms with van der Waals surface area (Å²) in [6.07, 6.45) is -3.01. The molecule has 2 aliphatic rings. The zero-order valence-corrected chi connectivity index (χ0v) is 15.8. The van der Waals surface area contributed by atoms with Gasteiger partial charge in [-0.3, -0.25) is 18.7 Å². The Hall–Kier alpha value is -3.10. The Balaban J connectivity index is 2.00. The van der Waals surface area contributed by atoms with Gasteiger partial charge in [0, 0.05) is 37.7 Å². The van der Waals surface area contributed by atoms with E-state index in [0.29, 0.717) is 36.1 Å². The summed E-state index contributed by atoms with van der Waals surface area (Å²) >= 11 is 0. The minimum atomic E-state index is -4.49. The van der Waals surface area contributed by atoms with Crippen molar-refractivity contribution < 1.29 is 18.0 Å². The van der Waals surface area contributed by atoms with E-state index in [1.54, 1.807) is 0 Å². The molecule has 1 aromatic heterocycles. The molecule has 1 aliphatic heterocycles. The van der Waals surface area contributed by atoms with Gasteiger partial charge in [0.1, 0.15) is 5.82 Å². The van der Waals surface area contributed by atoms with Crippen LogP contribution in [0, 0.1) is 0 Å². The molecule has 0 spiro atoms. The van der Waals surface area contributed by atoms with Gasteiger partial charge in [-0.15, -0.1) is 0 Å². The highest BCUT2D eigenvalue weighted by molar-refractivity contribution is 6.00. The molecule has 0 amide bonds. The lowest BCUT2D eigenvalue weighted by molar-refractivity contribution is -0.137. The number of anilines is 1. The molecule has 1 aliphatic carbocycles. The highest BCUT2D eigenvalue weighted by Crippen LogP contribution is 2.43. The van der Waals surface area contributed by atoms with E-state index in [1.807, 2.05) is 0 Å². The van der Waals surface area contributed by atoms with Crippen LogP contribution in [0.4, 0.5) is 19.0 Å². The number of aromatic nitrogens is 2. The Kier molecular flexibility index (Phi) is 4.29. The van der Waals surface area contributed by atoms with Crippen LogP contribution >= 0.6 is 0 Å². The SMILES string of the molecule is Cn1c2c(c(=O)n(C)c1=O)[C@@H](c1ccc(C(F)(F)F)cc1)C1=C(CCCC1=O)N2. The van der Waals surface area contributed by atoms with Crippen molar-refractivity contribution in [2.45, 2.75) is 31.4 Å². The van der Waals surface area contributed by atoms with Crippen molar-refractivity contribution in [3.8, 4) is 0 Å². The Morgan fingerprint density at radius 1 is 1.00 bits per heavy atom. The summed E-state index contributed by atoms with van der Waals surface area (Å²) in [6, 6.07) is 4.47. The molecule has 0 saturated carbocycles. The Morgan fingerprint density at radius 2 is 1.66 bits per heavy atom. The van der Waals surface area contributed by atoms with Gasteiger partial charge in [0.15, 0.2) is 5.78 Å².